The van der Waals surface area contributed by atoms with Crippen LogP contribution in [-0.4, -0.2) is 35.9 Å². The van der Waals surface area contributed by atoms with Gasteiger partial charge >= 0.3 is 0 Å². The van der Waals surface area contributed by atoms with E-state index in [9.17, 15) is 4.79 Å². The molecule has 53 heavy (non-hydrogen) atoms. The van der Waals surface area contributed by atoms with E-state index < -0.39 is 0 Å². The van der Waals surface area contributed by atoms with Gasteiger partial charge in [-0.25, -0.2) is 0 Å². The molecule has 1 aliphatic heterocycles. The minimum atomic E-state index is 0. The zero-order chi connectivity index (χ0) is 37.4. The van der Waals surface area contributed by atoms with Gasteiger partial charge < -0.3 is 10.2 Å². The number of aliphatic imine (C=N–C) groups is 1. The van der Waals surface area contributed by atoms with Gasteiger partial charge in [0.05, 0.1) is 12.7 Å². The Morgan fingerprint density at radius 1 is 0.491 bits per heavy atom. The van der Waals surface area contributed by atoms with E-state index in [-0.39, 0.29) is 24.5 Å². The van der Waals surface area contributed by atoms with Crippen LogP contribution in [0, 0.1) is 0 Å². The summed E-state index contributed by atoms with van der Waals surface area (Å²) in [6, 6.07) is 0. The van der Waals surface area contributed by atoms with Crippen LogP contribution >= 0.6 is 12.4 Å². The third-order valence-corrected chi connectivity index (χ3v) is 11.8. The molecule has 5 heteroatoms. The van der Waals surface area contributed by atoms with E-state index in [1.54, 1.807) is 0 Å². The minimum Gasteiger partial charge on any atom is -0.338 e. The van der Waals surface area contributed by atoms with Crippen LogP contribution < -0.4 is 5.32 Å². The molecule has 0 radical (unpaired) electrons. The van der Waals surface area contributed by atoms with E-state index in [0.717, 1.165) is 25.9 Å². The molecule has 0 aromatic rings. The molecule has 0 fully saturated rings. The maximum atomic E-state index is 12.7. The summed E-state index contributed by atoms with van der Waals surface area (Å²) < 4.78 is 0. The van der Waals surface area contributed by atoms with Gasteiger partial charge in [-0.05, 0) is 19.8 Å². The van der Waals surface area contributed by atoms with Crippen molar-refractivity contribution in [2.45, 2.75) is 284 Å². The van der Waals surface area contributed by atoms with E-state index in [4.69, 9.17) is 4.99 Å². The summed E-state index contributed by atoms with van der Waals surface area (Å²) in [7, 11) is 0. The number of carbonyl (C=O) groups excluding carboxylic acids is 1. The molecule has 0 aromatic carbocycles. The maximum absolute atomic E-state index is 12.7. The van der Waals surface area contributed by atoms with Gasteiger partial charge in [0, 0.05) is 19.4 Å². The van der Waals surface area contributed by atoms with E-state index in [2.05, 4.69) is 31.0 Å². The summed E-state index contributed by atoms with van der Waals surface area (Å²) in [4.78, 5) is 19.8. The molecule has 1 aliphatic rings. The first-order chi connectivity index (χ1) is 25.7. The van der Waals surface area contributed by atoms with E-state index in [0.29, 0.717) is 6.42 Å². The zero-order valence-corrected chi connectivity index (χ0v) is 37.3. The van der Waals surface area contributed by atoms with Crippen LogP contribution in [0.25, 0.3) is 0 Å². The van der Waals surface area contributed by atoms with Gasteiger partial charge in [-0.2, -0.15) is 0 Å². The molecule has 4 nitrogen and oxygen atoms in total. The third-order valence-electron chi connectivity index (χ3n) is 11.8. The van der Waals surface area contributed by atoms with Crippen LogP contribution in [0.3, 0.4) is 0 Å². The Hall–Kier alpha value is -0.770. The number of hydrogen-bond donors (Lipinski definition) is 1. The van der Waals surface area contributed by atoms with Gasteiger partial charge in [0.2, 0.25) is 5.91 Å². The number of hydrogen-bond acceptors (Lipinski definition) is 3. The van der Waals surface area contributed by atoms with Gasteiger partial charge in [0.15, 0.2) is 0 Å². The SMILES string of the molecule is CCCCCCCCCCCCCCCCCCCCCC(=O)NC(C)N1CCN=C1CCCCCCCCCCCCCCCCCCCCC.Cl. The molecule has 316 valence electrons. The fourth-order valence-electron chi connectivity index (χ4n) is 8.26. The van der Waals surface area contributed by atoms with E-state index >= 15 is 0 Å². The molecule has 1 amide bonds. The van der Waals surface area contributed by atoms with Gasteiger partial charge in [-0.3, -0.25) is 9.79 Å². The normalized spacial score (nSPS) is 13.3. The van der Waals surface area contributed by atoms with Gasteiger partial charge in [-0.1, -0.05) is 245 Å². The Balaban J connectivity index is 0.0000270. The van der Waals surface area contributed by atoms with Crippen molar-refractivity contribution in [2.24, 2.45) is 4.99 Å². The van der Waals surface area contributed by atoms with Crippen LogP contribution in [0.1, 0.15) is 278 Å². The van der Waals surface area contributed by atoms with Gasteiger partial charge in [0.1, 0.15) is 5.84 Å². The second-order valence-corrected chi connectivity index (χ2v) is 17.0. The molecule has 0 spiro atoms. The van der Waals surface area contributed by atoms with E-state index in [1.165, 1.54) is 243 Å². The van der Waals surface area contributed by atoms with Gasteiger partial charge in [-0.15, -0.1) is 12.4 Å². The average molecular weight is 767 g/mol. The van der Waals surface area contributed by atoms with Gasteiger partial charge in [0.25, 0.3) is 0 Å². The van der Waals surface area contributed by atoms with E-state index in [1.807, 2.05) is 0 Å². The number of nitrogens with one attached hydrogen (secondary N) is 1. The number of amides is 1. The number of halogens is 1. The van der Waals surface area contributed by atoms with Crippen LogP contribution in [0.4, 0.5) is 0 Å². The summed E-state index contributed by atoms with van der Waals surface area (Å²) in [6.07, 6.45) is 55.0. The monoisotopic (exact) mass is 766 g/mol. The molecular formula is C48H96ClN3O. The van der Waals surface area contributed by atoms with Crippen LogP contribution in [0.15, 0.2) is 4.99 Å². The second-order valence-electron chi connectivity index (χ2n) is 17.0. The zero-order valence-electron chi connectivity index (χ0n) is 36.5. The Bertz CT molecular complexity index is 774. The summed E-state index contributed by atoms with van der Waals surface area (Å²) in [5, 5.41) is 3.28. The molecule has 0 aromatic heterocycles. The molecule has 1 atom stereocenters. The number of nitrogens with zero attached hydrogens (tertiary/aromatic N) is 2. The Morgan fingerprint density at radius 3 is 1.09 bits per heavy atom. The summed E-state index contributed by atoms with van der Waals surface area (Å²) in [5.41, 5.74) is 0. The average Bonchev–Trinajstić information content (AvgIpc) is 3.62. The molecule has 0 saturated carbocycles. The molecule has 0 saturated heterocycles. The molecular weight excluding hydrogens is 670 g/mol. The predicted octanol–water partition coefficient (Wildman–Crippen LogP) is 16.2. The fourth-order valence-corrected chi connectivity index (χ4v) is 8.26. The molecule has 1 N–H and O–H groups in total. The Morgan fingerprint density at radius 2 is 0.774 bits per heavy atom. The van der Waals surface area contributed by atoms with Crippen molar-refractivity contribution in [1.29, 1.82) is 0 Å². The van der Waals surface area contributed by atoms with Crippen LogP contribution in [0.2, 0.25) is 0 Å². The first-order valence-electron chi connectivity index (χ1n) is 24.3. The first-order valence-corrected chi connectivity index (χ1v) is 24.3. The predicted molar refractivity (Wildman–Crippen MR) is 240 cm³/mol. The highest BCUT2D eigenvalue weighted by molar-refractivity contribution is 5.85. The van der Waals surface area contributed by atoms with Crippen molar-refractivity contribution in [3.8, 4) is 0 Å². The lowest BCUT2D eigenvalue weighted by molar-refractivity contribution is -0.122. The number of carbonyl (C=O) groups is 1. The minimum absolute atomic E-state index is 0. The van der Waals surface area contributed by atoms with Crippen molar-refractivity contribution in [3.63, 3.8) is 0 Å². The summed E-state index contributed by atoms with van der Waals surface area (Å²) in [6.45, 7) is 8.58. The molecule has 0 bridgehead atoms. The molecule has 1 unspecified atom stereocenters. The quantitative estimate of drug-likeness (QED) is 0.0629. The highest BCUT2D eigenvalue weighted by Crippen LogP contribution is 2.18. The molecule has 0 aliphatic carbocycles. The molecule has 1 rings (SSSR count). The highest BCUT2D eigenvalue weighted by Gasteiger charge is 2.22. The molecule has 1 heterocycles. The maximum Gasteiger partial charge on any atom is 0.221 e. The lowest BCUT2D eigenvalue weighted by Gasteiger charge is -2.28. The van der Waals surface area contributed by atoms with Crippen molar-refractivity contribution >= 4 is 24.1 Å². The largest absolute Gasteiger partial charge is 0.338 e. The van der Waals surface area contributed by atoms with Crippen molar-refractivity contribution in [2.75, 3.05) is 13.1 Å². The first kappa shape index (κ1) is 52.2. The van der Waals surface area contributed by atoms with Crippen LogP contribution in [0.5, 0.6) is 0 Å². The van der Waals surface area contributed by atoms with Crippen molar-refractivity contribution in [3.05, 3.63) is 0 Å². The van der Waals surface area contributed by atoms with Crippen molar-refractivity contribution in [1.82, 2.24) is 10.2 Å². The smallest absolute Gasteiger partial charge is 0.221 e. The lowest BCUT2D eigenvalue weighted by atomic mass is 10.0. The number of rotatable bonds is 42. The summed E-state index contributed by atoms with van der Waals surface area (Å²) in [5.74, 6) is 1.44. The Labute approximate surface area is 339 Å². The lowest BCUT2D eigenvalue weighted by Crippen LogP contribution is -2.47. The highest BCUT2D eigenvalue weighted by atomic mass is 35.5. The summed E-state index contributed by atoms with van der Waals surface area (Å²) >= 11 is 0. The third kappa shape index (κ3) is 35.4. The Kier molecular flexibility index (Phi) is 41.8. The topological polar surface area (TPSA) is 44.7 Å². The van der Waals surface area contributed by atoms with Crippen LogP contribution in [-0.2, 0) is 4.79 Å². The fraction of sp³-hybridized carbons (Fsp3) is 0.958. The van der Waals surface area contributed by atoms with Crippen molar-refractivity contribution < 1.29 is 4.79 Å². The number of amidine groups is 1. The standard InChI is InChI=1S/C48H95N3O.ClH/c1-4-6-8-10-12-14-16-18-20-22-24-26-28-30-32-34-36-38-40-42-47-49-44-45-51(47)46(3)50-48(52)43-41-39-37-35-33-31-29-27-25-23-21-19-17-15-13-11-9-7-5-2;/h46H,4-45H2,1-3H3,(H,50,52);1H. The second kappa shape index (κ2) is 42.4. The number of unbranched alkanes of at least 4 members (excludes halogenated alkanes) is 36.